The van der Waals surface area contributed by atoms with Gasteiger partial charge in [0.25, 0.3) is 0 Å². The van der Waals surface area contributed by atoms with Crippen LogP contribution in [0, 0.1) is 17.8 Å². The molecule has 0 aliphatic rings. The fourth-order valence-electron chi connectivity index (χ4n) is 3.61. The zero-order valence-corrected chi connectivity index (χ0v) is 21.4. The molecule has 0 aliphatic heterocycles. The molecule has 0 spiro atoms. The molecule has 2 aromatic rings. The molecule has 2 aromatic carbocycles. The van der Waals surface area contributed by atoms with Crippen molar-refractivity contribution in [3.05, 3.63) is 65.7 Å². The number of hydrogen-bond acceptors (Lipinski definition) is 3. The van der Waals surface area contributed by atoms with Crippen molar-refractivity contribution in [3.8, 4) is 17.6 Å². The molecule has 0 radical (unpaired) electrons. The molecule has 0 bridgehead atoms. The van der Waals surface area contributed by atoms with E-state index >= 15 is 0 Å². The molecule has 0 N–H and O–H groups in total. The van der Waals surface area contributed by atoms with Gasteiger partial charge in [-0.3, -0.25) is 4.79 Å². The minimum Gasteiger partial charge on any atom is -0.455 e. The summed E-state index contributed by atoms with van der Waals surface area (Å²) < 4.78 is 11.8. The Morgan fingerprint density at radius 1 is 0.765 bits per heavy atom. The van der Waals surface area contributed by atoms with Crippen LogP contribution in [-0.2, 0) is 9.53 Å². The summed E-state index contributed by atoms with van der Waals surface area (Å²) in [5, 5.41) is 0. The third-order valence-corrected chi connectivity index (χ3v) is 6.05. The number of benzene rings is 2. The molecule has 2 atom stereocenters. The van der Waals surface area contributed by atoms with Crippen LogP contribution in [0.25, 0.3) is 0 Å². The summed E-state index contributed by atoms with van der Waals surface area (Å²) in [6, 6.07) is 17.6. The Kier molecular flexibility index (Phi) is 13.6. The highest BCUT2D eigenvalue weighted by Crippen LogP contribution is 2.19. The second-order valence-corrected chi connectivity index (χ2v) is 9.05. The summed E-state index contributed by atoms with van der Waals surface area (Å²) >= 11 is 0. The van der Waals surface area contributed by atoms with Crippen LogP contribution in [0.5, 0.6) is 5.75 Å². The first kappa shape index (κ1) is 27.5. The van der Waals surface area contributed by atoms with Gasteiger partial charge in [0, 0.05) is 17.5 Å². The maximum Gasteiger partial charge on any atom is 0.311 e. The Balaban J connectivity index is 1.85. The van der Waals surface area contributed by atoms with Gasteiger partial charge < -0.3 is 9.47 Å². The van der Waals surface area contributed by atoms with E-state index in [4.69, 9.17) is 9.47 Å². The van der Waals surface area contributed by atoms with Gasteiger partial charge in [-0.05, 0) is 49.2 Å². The van der Waals surface area contributed by atoms with Crippen molar-refractivity contribution in [3.63, 3.8) is 0 Å². The van der Waals surface area contributed by atoms with E-state index in [-0.39, 0.29) is 11.9 Å². The van der Waals surface area contributed by atoms with Crippen LogP contribution in [-0.4, -0.2) is 12.3 Å². The molecular weight excluding hydrogens is 420 g/mol. The summed E-state index contributed by atoms with van der Waals surface area (Å²) in [5.41, 5.74) is 1.91. The molecule has 0 saturated heterocycles. The van der Waals surface area contributed by atoms with Gasteiger partial charge in [0.2, 0.25) is 6.29 Å². The lowest BCUT2D eigenvalue weighted by atomic mass is 10.1. The standard InChI is InChI=1S/C31H42O3/c1-4-6-7-8-9-10-11-12-16-19-30(34-31(32)26(3)5-2)33-29-24-22-28(23-25-29)21-20-27-17-14-13-15-18-27/h13-15,17-18,22-26,30H,4-12,16,19H2,1-3H3. The van der Waals surface area contributed by atoms with E-state index in [0.29, 0.717) is 12.2 Å². The van der Waals surface area contributed by atoms with E-state index in [1.54, 1.807) is 0 Å². The Morgan fingerprint density at radius 2 is 1.32 bits per heavy atom. The minimum absolute atomic E-state index is 0.121. The first-order chi connectivity index (χ1) is 16.6. The van der Waals surface area contributed by atoms with Gasteiger partial charge in [-0.25, -0.2) is 0 Å². The van der Waals surface area contributed by atoms with Gasteiger partial charge in [0.15, 0.2) is 0 Å². The Bertz CT molecular complexity index is 861. The number of ether oxygens (including phenoxy) is 2. The molecular formula is C31H42O3. The molecule has 3 heteroatoms. The van der Waals surface area contributed by atoms with Crippen molar-refractivity contribution in [1.29, 1.82) is 0 Å². The molecule has 0 heterocycles. The van der Waals surface area contributed by atoms with Crippen LogP contribution >= 0.6 is 0 Å². The first-order valence-electron chi connectivity index (χ1n) is 13.2. The summed E-state index contributed by atoms with van der Waals surface area (Å²) in [5.74, 6) is 6.73. The van der Waals surface area contributed by atoms with Gasteiger partial charge in [0.05, 0.1) is 5.92 Å². The number of unbranched alkanes of at least 4 members (excludes halogenated alkanes) is 8. The van der Waals surface area contributed by atoms with Crippen molar-refractivity contribution >= 4 is 5.97 Å². The summed E-state index contributed by atoms with van der Waals surface area (Å²) in [4.78, 5) is 12.4. The van der Waals surface area contributed by atoms with Crippen LogP contribution in [0.2, 0.25) is 0 Å². The van der Waals surface area contributed by atoms with Crippen molar-refractivity contribution < 1.29 is 14.3 Å². The fourth-order valence-corrected chi connectivity index (χ4v) is 3.61. The maximum atomic E-state index is 12.4. The topological polar surface area (TPSA) is 35.5 Å². The summed E-state index contributed by atoms with van der Waals surface area (Å²) in [6.45, 7) is 6.15. The molecule has 0 fully saturated rings. The minimum atomic E-state index is -0.549. The van der Waals surface area contributed by atoms with Crippen LogP contribution < -0.4 is 4.74 Å². The maximum absolute atomic E-state index is 12.4. The Labute approximate surface area is 207 Å². The van der Waals surface area contributed by atoms with Crippen LogP contribution in [0.1, 0.15) is 103 Å². The Morgan fingerprint density at radius 3 is 1.91 bits per heavy atom. The van der Waals surface area contributed by atoms with Crippen molar-refractivity contribution in [2.24, 2.45) is 5.92 Å². The molecule has 0 aromatic heterocycles. The third-order valence-electron chi connectivity index (χ3n) is 6.05. The van der Waals surface area contributed by atoms with Crippen molar-refractivity contribution in [1.82, 2.24) is 0 Å². The predicted molar refractivity (Wildman–Crippen MR) is 141 cm³/mol. The third kappa shape index (κ3) is 11.4. The lowest BCUT2D eigenvalue weighted by Gasteiger charge is -2.21. The zero-order valence-electron chi connectivity index (χ0n) is 21.4. The van der Waals surface area contributed by atoms with E-state index < -0.39 is 6.29 Å². The molecule has 34 heavy (non-hydrogen) atoms. The average molecular weight is 463 g/mol. The molecule has 2 rings (SSSR count). The van der Waals surface area contributed by atoms with Crippen LogP contribution in [0.4, 0.5) is 0 Å². The highest BCUT2D eigenvalue weighted by atomic mass is 16.7. The first-order valence-corrected chi connectivity index (χ1v) is 13.2. The van der Waals surface area contributed by atoms with Gasteiger partial charge in [-0.15, -0.1) is 0 Å². The number of carbonyl (C=O) groups is 1. The SMILES string of the molecule is CCCCCCCCCCCC(OC(=O)C(C)CC)Oc1ccc(C#Cc2ccccc2)cc1. The second kappa shape index (κ2) is 16.8. The van der Waals surface area contributed by atoms with E-state index in [1.807, 2.05) is 68.4 Å². The fraction of sp³-hybridized carbons (Fsp3) is 0.516. The predicted octanol–water partition coefficient (Wildman–Crippen LogP) is 8.30. The quantitative estimate of drug-likeness (QED) is 0.116. The Hall–Kier alpha value is -2.73. The smallest absolute Gasteiger partial charge is 0.311 e. The largest absolute Gasteiger partial charge is 0.455 e. The highest BCUT2D eigenvalue weighted by molar-refractivity contribution is 5.72. The summed E-state index contributed by atoms with van der Waals surface area (Å²) in [6.07, 6.45) is 12.2. The molecule has 0 saturated carbocycles. The normalized spacial score (nSPS) is 12.3. The van der Waals surface area contributed by atoms with E-state index in [9.17, 15) is 4.79 Å². The number of esters is 1. The lowest BCUT2D eigenvalue weighted by molar-refractivity contribution is -0.169. The van der Waals surface area contributed by atoms with E-state index in [1.165, 1.54) is 44.9 Å². The van der Waals surface area contributed by atoms with E-state index in [0.717, 1.165) is 30.4 Å². The van der Waals surface area contributed by atoms with Gasteiger partial charge in [-0.1, -0.05) is 102 Å². The zero-order chi connectivity index (χ0) is 24.4. The lowest BCUT2D eigenvalue weighted by Crippen LogP contribution is -2.27. The average Bonchev–Trinajstić information content (AvgIpc) is 2.87. The molecule has 0 aliphatic carbocycles. The molecule has 2 unspecified atom stereocenters. The molecule has 3 nitrogen and oxygen atoms in total. The van der Waals surface area contributed by atoms with Crippen LogP contribution in [0.15, 0.2) is 54.6 Å². The van der Waals surface area contributed by atoms with E-state index in [2.05, 4.69) is 18.8 Å². The second-order valence-electron chi connectivity index (χ2n) is 9.05. The van der Waals surface area contributed by atoms with Gasteiger partial charge >= 0.3 is 5.97 Å². The van der Waals surface area contributed by atoms with Crippen LogP contribution in [0.3, 0.4) is 0 Å². The monoisotopic (exact) mass is 462 g/mol. The number of rotatable bonds is 15. The molecule has 0 amide bonds. The summed E-state index contributed by atoms with van der Waals surface area (Å²) in [7, 11) is 0. The van der Waals surface area contributed by atoms with Gasteiger partial charge in [-0.2, -0.15) is 0 Å². The van der Waals surface area contributed by atoms with Crippen molar-refractivity contribution in [2.75, 3.05) is 0 Å². The number of hydrogen-bond donors (Lipinski definition) is 0. The van der Waals surface area contributed by atoms with Crippen molar-refractivity contribution in [2.45, 2.75) is 97.7 Å². The molecule has 184 valence electrons. The highest BCUT2D eigenvalue weighted by Gasteiger charge is 2.20. The number of carbonyl (C=O) groups excluding carboxylic acids is 1. The van der Waals surface area contributed by atoms with Gasteiger partial charge in [0.1, 0.15) is 5.75 Å².